The Morgan fingerprint density at radius 2 is 2.25 bits per heavy atom. The zero-order valence-electron chi connectivity index (χ0n) is 11.0. The number of amides is 1. The molecule has 1 aromatic rings. The second kappa shape index (κ2) is 7.62. The number of nitro groups is 1. The normalized spacial score (nSPS) is 10.1. The quantitative estimate of drug-likeness (QED) is 0.363. The summed E-state index contributed by atoms with van der Waals surface area (Å²) >= 11 is 5.85. The topological polar surface area (TPSA) is 81.5 Å². The monoisotopic (exact) mass is 298 g/mol. The van der Waals surface area contributed by atoms with E-state index in [-0.39, 0.29) is 22.8 Å². The lowest BCUT2D eigenvalue weighted by atomic mass is 10.2. The molecule has 0 aliphatic rings. The van der Waals surface area contributed by atoms with E-state index in [0.717, 1.165) is 11.6 Å². The first-order chi connectivity index (χ1) is 9.41. The fourth-order valence-corrected chi connectivity index (χ4v) is 1.58. The Morgan fingerprint density at radius 3 is 2.85 bits per heavy atom. The van der Waals surface area contributed by atoms with E-state index in [1.807, 2.05) is 6.92 Å². The fourth-order valence-electron chi connectivity index (χ4n) is 1.38. The number of non-ortho nitro benzene ring substituents is 1. The van der Waals surface area contributed by atoms with Crippen LogP contribution in [0, 0.1) is 10.1 Å². The molecule has 1 amide bonds. The summed E-state index contributed by atoms with van der Waals surface area (Å²) in [5.41, 5.74) is 0.775. The van der Waals surface area contributed by atoms with Gasteiger partial charge >= 0.3 is 0 Å². The van der Waals surface area contributed by atoms with Crippen LogP contribution in [0.15, 0.2) is 30.4 Å². The van der Waals surface area contributed by atoms with Crippen LogP contribution < -0.4 is 5.32 Å². The van der Waals surface area contributed by atoms with Crippen LogP contribution in [-0.4, -0.2) is 30.6 Å². The molecule has 20 heavy (non-hydrogen) atoms. The van der Waals surface area contributed by atoms with Gasteiger partial charge in [-0.15, -0.1) is 0 Å². The number of halogens is 1. The van der Waals surface area contributed by atoms with Crippen LogP contribution in [0.25, 0.3) is 0 Å². The van der Waals surface area contributed by atoms with Crippen LogP contribution >= 0.6 is 11.6 Å². The largest absolute Gasteiger partial charge is 0.375 e. The lowest BCUT2D eigenvalue weighted by molar-refractivity contribution is -0.384. The summed E-state index contributed by atoms with van der Waals surface area (Å²) in [6.07, 6.45) is 0. The zero-order valence-corrected chi connectivity index (χ0v) is 11.8. The van der Waals surface area contributed by atoms with Gasteiger partial charge in [-0.3, -0.25) is 14.9 Å². The highest BCUT2D eigenvalue weighted by atomic mass is 35.5. The first-order valence-corrected chi connectivity index (χ1v) is 6.24. The van der Waals surface area contributed by atoms with Gasteiger partial charge in [-0.05, 0) is 13.0 Å². The smallest absolute Gasteiger partial charge is 0.270 e. The number of carbonyl (C=O) groups excluding carboxylic acids is 1. The van der Waals surface area contributed by atoms with Gasteiger partial charge in [0, 0.05) is 18.7 Å². The summed E-state index contributed by atoms with van der Waals surface area (Å²) in [5.74, 6) is -0.474. The van der Waals surface area contributed by atoms with Crippen LogP contribution in [-0.2, 0) is 4.74 Å². The van der Waals surface area contributed by atoms with Crippen LogP contribution in [0.3, 0.4) is 0 Å². The number of carbonyl (C=O) groups is 1. The van der Waals surface area contributed by atoms with Gasteiger partial charge in [-0.1, -0.05) is 23.8 Å². The molecule has 7 heteroatoms. The Hall–Kier alpha value is -1.92. The lowest BCUT2D eigenvalue weighted by Gasteiger charge is -2.07. The summed E-state index contributed by atoms with van der Waals surface area (Å²) in [6, 6.07) is 3.72. The molecular formula is C13H15ClN2O4. The van der Waals surface area contributed by atoms with Crippen molar-refractivity contribution in [3.63, 3.8) is 0 Å². The van der Waals surface area contributed by atoms with Crippen molar-refractivity contribution in [2.75, 3.05) is 19.8 Å². The average Bonchev–Trinajstić information content (AvgIpc) is 2.37. The first-order valence-electron chi connectivity index (χ1n) is 5.86. The van der Waals surface area contributed by atoms with E-state index in [1.54, 1.807) is 0 Å². The summed E-state index contributed by atoms with van der Waals surface area (Å²) in [7, 11) is 0. The maximum absolute atomic E-state index is 11.8. The van der Waals surface area contributed by atoms with E-state index in [9.17, 15) is 14.9 Å². The van der Waals surface area contributed by atoms with Gasteiger partial charge < -0.3 is 10.1 Å². The summed E-state index contributed by atoms with van der Waals surface area (Å²) in [4.78, 5) is 21.9. The van der Waals surface area contributed by atoms with Gasteiger partial charge in [0.1, 0.15) is 0 Å². The molecule has 0 unspecified atom stereocenters. The van der Waals surface area contributed by atoms with E-state index in [0.29, 0.717) is 13.2 Å². The van der Waals surface area contributed by atoms with Gasteiger partial charge in [-0.25, -0.2) is 0 Å². The highest BCUT2D eigenvalue weighted by Gasteiger charge is 2.15. The average molecular weight is 299 g/mol. The van der Waals surface area contributed by atoms with Crippen molar-refractivity contribution >= 4 is 23.2 Å². The molecule has 0 aliphatic carbocycles. The van der Waals surface area contributed by atoms with Gasteiger partial charge in [0.25, 0.3) is 11.6 Å². The van der Waals surface area contributed by atoms with E-state index in [4.69, 9.17) is 16.3 Å². The van der Waals surface area contributed by atoms with E-state index >= 15 is 0 Å². The van der Waals surface area contributed by atoms with E-state index < -0.39 is 10.8 Å². The maximum atomic E-state index is 11.8. The summed E-state index contributed by atoms with van der Waals surface area (Å²) in [6.45, 7) is 6.55. The Bertz CT molecular complexity index is 531. The third-order valence-electron chi connectivity index (χ3n) is 2.29. The highest BCUT2D eigenvalue weighted by Crippen LogP contribution is 2.21. The summed E-state index contributed by atoms with van der Waals surface area (Å²) in [5, 5.41) is 13.4. The standard InChI is InChI=1S/C13H15ClN2O4/c1-9(2)8-20-6-5-15-13(17)11-7-10(16(18)19)3-4-12(11)14/h3-4,7H,1,5-6,8H2,2H3,(H,15,17). The van der Waals surface area contributed by atoms with Crippen molar-refractivity contribution in [3.05, 3.63) is 51.1 Å². The van der Waals surface area contributed by atoms with E-state index in [1.165, 1.54) is 12.1 Å². The van der Waals surface area contributed by atoms with Crippen molar-refractivity contribution in [2.45, 2.75) is 6.92 Å². The second-order valence-electron chi connectivity index (χ2n) is 4.19. The summed E-state index contributed by atoms with van der Waals surface area (Å²) < 4.78 is 5.22. The molecule has 0 saturated heterocycles. The SMILES string of the molecule is C=C(C)COCCNC(=O)c1cc([N+](=O)[O-])ccc1Cl. The van der Waals surface area contributed by atoms with Crippen LogP contribution in [0.1, 0.15) is 17.3 Å². The first kappa shape index (κ1) is 16.1. The Morgan fingerprint density at radius 1 is 1.55 bits per heavy atom. The molecule has 0 bridgehead atoms. The molecular weight excluding hydrogens is 284 g/mol. The van der Waals surface area contributed by atoms with Gasteiger partial charge in [0.05, 0.1) is 28.7 Å². The Balaban J connectivity index is 2.57. The van der Waals surface area contributed by atoms with Crippen molar-refractivity contribution in [2.24, 2.45) is 0 Å². The molecule has 0 saturated carbocycles. The number of hydrogen-bond acceptors (Lipinski definition) is 4. The number of nitro benzene ring substituents is 1. The predicted molar refractivity (Wildman–Crippen MR) is 76.1 cm³/mol. The third-order valence-corrected chi connectivity index (χ3v) is 2.62. The zero-order chi connectivity index (χ0) is 15.1. The molecule has 0 aliphatic heterocycles. The molecule has 1 N–H and O–H groups in total. The molecule has 1 aromatic carbocycles. The third kappa shape index (κ3) is 4.99. The highest BCUT2D eigenvalue weighted by molar-refractivity contribution is 6.33. The molecule has 0 heterocycles. The van der Waals surface area contributed by atoms with Gasteiger partial charge in [-0.2, -0.15) is 0 Å². The number of hydrogen-bond donors (Lipinski definition) is 1. The minimum absolute atomic E-state index is 0.0702. The molecule has 6 nitrogen and oxygen atoms in total. The van der Waals surface area contributed by atoms with Gasteiger partial charge in [0.15, 0.2) is 0 Å². The van der Waals surface area contributed by atoms with E-state index in [2.05, 4.69) is 11.9 Å². The van der Waals surface area contributed by atoms with Crippen LogP contribution in [0.5, 0.6) is 0 Å². The predicted octanol–water partition coefficient (Wildman–Crippen LogP) is 2.57. The van der Waals surface area contributed by atoms with Gasteiger partial charge in [0.2, 0.25) is 0 Å². The number of nitrogens with zero attached hydrogens (tertiary/aromatic N) is 1. The number of ether oxygens (including phenoxy) is 1. The van der Waals surface area contributed by atoms with Crippen molar-refractivity contribution in [1.29, 1.82) is 0 Å². The lowest BCUT2D eigenvalue weighted by Crippen LogP contribution is -2.27. The maximum Gasteiger partial charge on any atom is 0.270 e. The van der Waals surface area contributed by atoms with Crippen molar-refractivity contribution in [1.82, 2.24) is 5.32 Å². The second-order valence-corrected chi connectivity index (χ2v) is 4.59. The molecule has 1 rings (SSSR count). The molecule has 0 radical (unpaired) electrons. The minimum Gasteiger partial charge on any atom is -0.375 e. The number of rotatable bonds is 7. The number of nitrogens with one attached hydrogen (secondary N) is 1. The Labute approximate surface area is 121 Å². The Kier molecular flexibility index (Phi) is 6.14. The van der Waals surface area contributed by atoms with Crippen LogP contribution in [0.2, 0.25) is 5.02 Å². The molecule has 0 aromatic heterocycles. The molecule has 0 fully saturated rings. The molecule has 0 spiro atoms. The van der Waals surface area contributed by atoms with Crippen molar-refractivity contribution in [3.8, 4) is 0 Å². The number of benzene rings is 1. The fraction of sp³-hybridized carbons (Fsp3) is 0.308. The molecule has 108 valence electrons. The van der Waals surface area contributed by atoms with Crippen LogP contribution in [0.4, 0.5) is 5.69 Å². The minimum atomic E-state index is -0.580. The molecule has 0 atom stereocenters. The van der Waals surface area contributed by atoms with Crippen molar-refractivity contribution < 1.29 is 14.5 Å².